The van der Waals surface area contributed by atoms with Crippen LogP contribution >= 0.6 is 11.3 Å². The van der Waals surface area contributed by atoms with E-state index in [1.165, 1.54) is 23.2 Å². The standard InChI is InChI=1S/C14H11F3N2O3S/c1-7-6-19(10-3-2-9(23-10)14(15,16)17)12(20)11-8(13(21)22)4-5-18(7)11/h2-5,7H,6H2,1H3,(H,21,22)/t7-/m0/s1. The third-order valence-electron chi connectivity index (χ3n) is 3.65. The van der Waals surface area contributed by atoms with Crippen LogP contribution in [0.15, 0.2) is 24.4 Å². The molecular formula is C14H11F3N2O3S. The molecule has 9 heteroatoms. The molecule has 1 N–H and O–H groups in total. The lowest BCUT2D eigenvalue weighted by Gasteiger charge is -2.32. The van der Waals surface area contributed by atoms with Crippen LogP contribution in [0.5, 0.6) is 0 Å². The SMILES string of the molecule is C[C@H]1CN(c2ccc(C(F)(F)F)s2)C(=O)c2c(C(=O)O)ccn21. The van der Waals surface area contributed by atoms with Crippen LogP contribution in [-0.4, -0.2) is 28.1 Å². The number of nitrogens with zero attached hydrogens (tertiary/aromatic N) is 2. The summed E-state index contributed by atoms with van der Waals surface area (Å²) in [6, 6.07) is 3.23. The van der Waals surface area contributed by atoms with Gasteiger partial charge < -0.3 is 9.67 Å². The minimum Gasteiger partial charge on any atom is -0.478 e. The highest BCUT2D eigenvalue weighted by atomic mass is 32.1. The number of carbonyl (C=O) groups excluding carboxylic acids is 1. The van der Waals surface area contributed by atoms with E-state index in [2.05, 4.69) is 0 Å². The van der Waals surface area contributed by atoms with Crippen molar-refractivity contribution in [2.45, 2.75) is 19.1 Å². The number of anilines is 1. The number of halogens is 3. The Bertz CT molecular complexity index is 794. The molecule has 3 heterocycles. The van der Waals surface area contributed by atoms with Crippen LogP contribution in [-0.2, 0) is 6.18 Å². The van der Waals surface area contributed by atoms with Crippen LogP contribution in [0.4, 0.5) is 18.2 Å². The predicted octanol–water partition coefficient (Wildman–Crippen LogP) is 3.49. The maximum atomic E-state index is 12.7. The molecule has 2 aromatic rings. The average molecular weight is 344 g/mol. The Morgan fingerprint density at radius 1 is 1.35 bits per heavy atom. The topological polar surface area (TPSA) is 62.5 Å². The Kier molecular flexibility index (Phi) is 3.47. The minimum atomic E-state index is -4.47. The summed E-state index contributed by atoms with van der Waals surface area (Å²) >= 11 is 0.467. The number of fused-ring (bicyclic) bond motifs is 1. The molecule has 0 fully saturated rings. The molecule has 0 radical (unpaired) electrons. The first-order chi connectivity index (χ1) is 10.7. The summed E-state index contributed by atoms with van der Waals surface area (Å²) in [5, 5.41) is 9.32. The summed E-state index contributed by atoms with van der Waals surface area (Å²) in [5.74, 6) is -1.86. The van der Waals surface area contributed by atoms with Crippen molar-refractivity contribution < 1.29 is 27.9 Å². The van der Waals surface area contributed by atoms with Crippen LogP contribution in [0.1, 0.15) is 38.7 Å². The summed E-state index contributed by atoms with van der Waals surface area (Å²) in [6.45, 7) is 1.95. The van der Waals surface area contributed by atoms with E-state index in [4.69, 9.17) is 0 Å². The summed E-state index contributed by atoms with van der Waals surface area (Å²) in [6.07, 6.45) is -2.96. The van der Waals surface area contributed by atoms with Crippen molar-refractivity contribution in [3.8, 4) is 0 Å². The van der Waals surface area contributed by atoms with E-state index >= 15 is 0 Å². The number of amides is 1. The van der Waals surface area contributed by atoms with Gasteiger partial charge in [-0.1, -0.05) is 0 Å². The Morgan fingerprint density at radius 3 is 2.61 bits per heavy atom. The monoisotopic (exact) mass is 344 g/mol. The van der Waals surface area contributed by atoms with E-state index in [1.807, 2.05) is 0 Å². The molecule has 1 aliphatic heterocycles. The summed E-state index contributed by atoms with van der Waals surface area (Å²) in [4.78, 5) is 24.2. The fourth-order valence-corrected chi connectivity index (χ4v) is 3.47. The lowest BCUT2D eigenvalue weighted by atomic mass is 10.1. The van der Waals surface area contributed by atoms with Gasteiger partial charge in [0.1, 0.15) is 10.6 Å². The maximum Gasteiger partial charge on any atom is 0.425 e. The van der Waals surface area contributed by atoms with Crippen molar-refractivity contribution in [2.75, 3.05) is 11.4 Å². The number of rotatable bonds is 2. The molecule has 1 aliphatic rings. The molecule has 0 saturated heterocycles. The largest absolute Gasteiger partial charge is 0.478 e. The fraction of sp³-hybridized carbons (Fsp3) is 0.286. The lowest BCUT2D eigenvalue weighted by molar-refractivity contribution is -0.134. The first-order valence-corrected chi connectivity index (χ1v) is 7.45. The molecule has 0 aliphatic carbocycles. The number of carboxylic acids is 1. The number of aromatic carboxylic acids is 1. The maximum absolute atomic E-state index is 12.7. The zero-order valence-electron chi connectivity index (χ0n) is 11.8. The summed E-state index contributed by atoms with van der Waals surface area (Å²) in [7, 11) is 0. The van der Waals surface area contributed by atoms with Crippen molar-refractivity contribution in [3.63, 3.8) is 0 Å². The van der Waals surface area contributed by atoms with Gasteiger partial charge in [0.05, 0.1) is 10.6 Å². The van der Waals surface area contributed by atoms with Crippen LogP contribution in [0.3, 0.4) is 0 Å². The smallest absolute Gasteiger partial charge is 0.425 e. The van der Waals surface area contributed by atoms with E-state index in [-0.39, 0.29) is 28.8 Å². The molecule has 0 unspecified atom stereocenters. The van der Waals surface area contributed by atoms with Crippen LogP contribution < -0.4 is 4.90 Å². The van der Waals surface area contributed by atoms with Crippen molar-refractivity contribution in [2.24, 2.45) is 0 Å². The molecule has 1 amide bonds. The minimum absolute atomic E-state index is 0.0155. The van der Waals surface area contributed by atoms with Gasteiger partial charge in [-0.2, -0.15) is 13.2 Å². The first kappa shape index (κ1) is 15.6. The van der Waals surface area contributed by atoms with E-state index < -0.39 is 22.9 Å². The Balaban J connectivity index is 2.03. The number of thiophene rings is 1. The Hall–Kier alpha value is -2.29. The van der Waals surface area contributed by atoms with Crippen molar-refractivity contribution in [1.29, 1.82) is 0 Å². The quantitative estimate of drug-likeness (QED) is 0.907. The molecule has 0 saturated carbocycles. The molecule has 0 aromatic carbocycles. The highest BCUT2D eigenvalue weighted by molar-refractivity contribution is 7.16. The van der Waals surface area contributed by atoms with Crippen LogP contribution in [0.2, 0.25) is 0 Å². The molecule has 0 spiro atoms. The molecule has 3 rings (SSSR count). The van der Waals surface area contributed by atoms with Gasteiger partial charge >= 0.3 is 12.1 Å². The first-order valence-electron chi connectivity index (χ1n) is 6.63. The molecule has 1 atom stereocenters. The molecule has 23 heavy (non-hydrogen) atoms. The van der Waals surface area contributed by atoms with Gasteiger partial charge in [-0.05, 0) is 25.1 Å². The number of hydrogen-bond acceptors (Lipinski definition) is 3. The second-order valence-corrected chi connectivity index (χ2v) is 6.25. The van der Waals surface area contributed by atoms with Crippen LogP contribution in [0.25, 0.3) is 0 Å². The molecular weight excluding hydrogens is 333 g/mol. The van der Waals surface area contributed by atoms with Gasteiger partial charge in [-0.15, -0.1) is 11.3 Å². The molecule has 122 valence electrons. The number of alkyl halides is 3. The van der Waals surface area contributed by atoms with Crippen molar-refractivity contribution >= 4 is 28.2 Å². The van der Waals surface area contributed by atoms with Gasteiger partial charge in [-0.3, -0.25) is 9.69 Å². The highest BCUT2D eigenvalue weighted by Crippen LogP contribution is 2.40. The van der Waals surface area contributed by atoms with Gasteiger partial charge in [0.25, 0.3) is 5.91 Å². The lowest BCUT2D eigenvalue weighted by Crippen LogP contribution is -2.42. The number of hydrogen-bond donors (Lipinski definition) is 1. The molecule has 5 nitrogen and oxygen atoms in total. The Labute approximate surface area is 132 Å². The predicted molar refractivity (Wildman–Crippen MR) is 77.1 cm³/mol. The zero-order chi connectivity index (χ0) is 16.9. The van der Waals surface area contributed by atoms with Gasteiger partial charge in [0.2, 0.25) is 0 Å². The second kappa shape index (κ2) is 5.12. The van der Waals surface area contributed by atoms with Crippen molar-refractivity contribution in [1.82, 2.24) is 4.57 Å². The van der Waals surface area contributed by atoms with Crippen LogP contribution in [0, 0.1) is 0 Å². The van der Waals surface area contributed by atoms with E-state index in [9.17, 15) is 27.9 Å². The Morgan fingerprint density at radius 2 is 2.04 bits per heavy atom. The van der Waals surface area contributed by atoms with Gasteiger partial charge in [0, 0.05) is 18.8 Å². The molecule has 2 aromatic heterocycles. The van der Waals surface area contributed by atoms with E-state index in [0.717, 1.165) is 6.07 Å². The van der Waals surface area contributed by atoms with Gasteiger partial charge in [0.15, 0.2) is 0 Å². The second-order valence-electron chi connectivity index (χ2n) is 5.19. The van der Waals surface area contributed by atoms with Gasteiger partial charge in [-0.25, -0.2) is 4.79 Å². The third-order valence-corrected chi connectivity index (χ3v) is 4.81. The zero-order valence-corrected chi connectivity index (χ0v) is 12.6. The van der Waals surface area contributed by atoms with E-state index in [1.54, 1.807) is 11.5 Å². The normalized spacial score (nSPS) is 18.2. The number of aromatic nitrogens is 1. The number of carbonyl (C=O) groups is 2. The summed E-state index contributed by atoms with van der Waals surface area (Å²) < 4.78 is 39.7. The van der Waals surface area contributed by atoms with E-state index in [0.29, 0.717) is 11.3 Å². The fourth-order valence-electron chi connectivity index (χ4n) is 2.59. The van der Waals surface area contributed by atoms with Crippen molar-refractivity contribution in [3.05, 3.63) is 40.5 Å². The third kappa shape index (κ3) is 2.50. The number of carboxylic acid groups (broad SMARTS) is 1. The molecule has 0 bridgehead atoms. The summed E-state index contributed by atoms with van der Waals surface area (Å²) in [5.41, 5.74) is -0.169. The highest BCUT2D eigenvalue weighted by Gasteiger charge is 2.37. The average Bonchev–Trinajstić information content (AvgIpc) is 3.08.